The Morgan fingerprint density at radius 3 is 2.29 bits per heavy atom. The van der Waals surface area contributed by atoms with E-state index in [0.29, 0.717) is 0 Å². The summed E-state index contributed by atoms with van der Waals surface area (Å²) < 4.78 is 14.0. The van der Waals surface area contributed by atoms with E-state index in [-0.39, 0.29) is 13.2 Å². The second-order valence-corrected chi connectivity index (χ2v) is 2.53. The van der Waals surface area contributed by atoms with Gasteiger partial charge in [0.05, 0.1) is 6.61 Å². The van der Waals surface area contributed by atoms with Crippen LogP contribution in [0.25, 0.3) is 0 Å². The van der Waals surface area contributed by atoms with Crippen LogP contribution < -0.4 is 0 Å². The molecule has 0 spiro atoms. The highest BCUT2D eigenvalue weighted by Gasteiger charge is 2.13. The van der Waals surface area contributed by atoms with Crippen LogP contribution >= 0.6 is 0 Å². The standard InChI is InChI=1S/C8H14O6/c1-6(10)13-4-8(3-12-5-9)14-7(2)11/h8-9H,3-5H2,1-2H3/t8-/m0/s1. The average molecular weight is 206 g/mol. The zero-order valence-electron chi connectivity index (χ0n) is 8.19. The molecule has 0 aliphatic carbocycles. The second-order valence-electron chi connectivity index (χ2n) is 2.53. The summed E-state index contributed by atoms with van der Waals surface area (Å²) in [6.07, 6.45) is -0.677. The number of carbonyl (C=O) groups excluding carboxylic acids is 2. The van der Waals surface area contributed by atoms with Crippen LogP contribution in [-0.4, -0.2) is 43.2 Å². The van der Waals surface area contributed by atoms with Crippen LogP contribution in [-0.2, 0) is 23.8 Å². The summed E-state index contributed by atoms with van der Waals surface area (Å²) in [7, 11) is 0. The van der Waals surface area contributed by atoms with Crippen molar-refractivity contribution in [1.29, 1.82) is 0 Å². The van der Waals surface area contributed by atoms with E-state index in [1.807, 2.05) is 0 Å². The van der Waals surface area contributed by atoms with Crippen molar-refractivity contribution in [1.82, 2.24) is 0 Å². The smallest absolute Gasteiger partial charge is 0.303 e. The number of rotatable bonds is 6. The monoisotopic (exact) mass is 206 g/mol. The lowest BCUT2D eigenvalue weighted by Gasteiger charge is -2.15. The number of hydrogen-bond donors (Lipinski definition) is 1. The van der Waals surface area contributed by atoms with E-state index in [1.165, 1.54) is 13.8 Å². The molecule has 0 heterocycles. The molecule has 0 bridgehead atoms. The van der Waals surface area contributed by atoms with Gasteiger partial charge in [-0.1, -0.05) is 0 Å². The Bertz CT molecular complexity index is 190. The topological polar surface area (TPSA) is 82.1 Å². The molecule has 0 aliphatic rings. The fraction of sp³-hybridized carbons (Fsp3) is 0.750. The zero-order chi connectivity index (χ0) is 11.0. The molecule has 82 valence electrons. The Morgan fingerprint density at radius 2 is 1.86 bits per heavy atom. The summed E-state index contributed by atoms with van der Waals surface area (Å²) in [6, 6.07) is 0. The van der Waals surface area contributed by atoms with Gasteiger partial charge in [0.1, 0.15) is 13.4 Å². The van der Waals surface area contributed by atoms with Gasteiger partial charge in [0.15, 0.2) is 6.10 Å². The van der Waals surface area contributed by atoms with E-state index in [1.54, 1.807) is 0 Å². The van der Waals surface area contributed by atoms with Crippen LogP contribution in [0.15, 0.2) is 0 Å². The minimum Gasteiger partial charge on any atom is -0.462 e. The van der Waals surface area contributed by atoms with Gasteiger partial charge in [-0.2, -0.15) is 0 Å². The van der Waals surface area contributed by atoms with E-state index in [9.17, 15) is 9.59 Å². The number of ether oxygens (including phenoxy) is 3. The third-order valence-corrected chi connectivity index (χ3v) is 1.20. The van der Waals surface area contributed by atoms with Crippen LogP contribution in [0, 0.1) is 0 Å². The summed E-state index contributed by atoms with van der Waals surface area (Å²) in [5.74, 6) is -0.963. The molecule has 0 saturated heterocycles. The Labute approximate surface area is 81.8 Å². The lowest BCUT2D eigenvalue weighted by molar-refractivity contribution is -0.162. The summed E-state index contributed by atoms with van der Waals surface area (Å²) in [4.78, 5) is 21.0. The summed E-state index contributed by atoms with van der Waals surface area (Å²) >= 11 is 0. The van der Waals surface area contributed by atoms with Crippen molar-refractivity contribution in [2.75, 3.05) is 20.0 Å². The van der Waals surface area contributed by atoms with Crippen LogP contribution in [0.3, 0.4) is 0 Å². The van der Waals surface area contributed by atoms with Crippen molar-refractivity contribution in [2.45, 2.75) is 20.0 Å². The number of aliphatic hydroxyl groups excluding tert-OH is 1. The molecular weight excluding hydrogens is 192 g/mol. The largest absolute Gasteiger partial charge is 0.462 e. The van der Waals surface area contributed by atoms with E-state index in [4.69, 9.17) is 9.84 Å². The van der Waals surface area contributed by atoms with Crippen molar-refractivity contribution in [2.24, 2.45) is 0 Å². The predicted molar refractivity (Wildman–Crippen MR) is 45.2 cm³/mol. The van der Waals surface area contributed by atoms with Gasteiger partial charge >= 0.3 is 11.9 Å². The molecule has 0 rings (SSSR count). The molecule has 0 aromatic carbocycles. The molecule has 6 nitrogen and oxygen atoms in total. The maximum absolute atomic E-state index is 10.6. The SMILES string of the molecule is CC(=O)OC[C@H](COCO)OC(C)=O. The van der Waals surface area contributed by atoms with Gasteiger partial charge in [-0.3, -0.25) is 9.59 Å². The molecule has 0 fully saturated rings. The Morgan fingerprint density at radius 1 is 1.21 bits per heavy atom. The fourth-order valence-electron chi connectivity index (χ4n) is 0.745. The van der Waals surface area contributed by atoms with Gasteiger partial charge < -0.3 is 19.3 Å². The normalized spacial score (nSPS) is 11.9. The molecule has 0 unspecified atom stereocenters. The molecule has 0 aromatic rings. The number of carbonyl (C=O) groups is 2. The van der Waals surface area contributed by atoms with E-state index in [2.05, 4.69) is 9.47 Å². The molecule has 0 saturated carbocycles. The first kappa shape index (κ1) is 12.9. The van der Waals surface area contributed by atoms with Crippen LogP contribution in [0.5, 0.6) is 0 Å². The number of hydrogen-bond acceptors (Lipinski definition) is 6. The van der Waals surface area contributed by atoms with Gasteiger partial charge in [0.25, 0.3) is 0 Å². The molecular formula is C8H14O6. The summed E-state index contributed by atoms with van der Waals surface area (Å²) in [6.45, 7) is 1.92. The van der Waals surface area contributed by atoms with E-state index >= 15 is 0 Å². The molecule has 0 radical (unpaired) electrons. The average Bonchev–Trinajstić information content (AvgIpc) is 2.09. The molecule has 0 aromatic heterocycles. The van der Waals surface area contributed by atoms with E-state index in [0.717, 1.165) is 0 Å². The molecule has 0 amide bonds. The third kappa shape index (κ3) is 7.51. The molecule has 1 N–H and O–H groups in total. The second kappa shape index (κ2) is 7.28. The fourth-order valence-corrected chi connectivity index (χ4v) is 0.745. The van der Waals surface area contributed by atoms with Gasteiger partial charge in [-0.25, -0.2) is 0 Å². The number of aliphatic hydroxyl groups is 1. The first-order valence-corrected chi connectivity index (χ1v) is 4.05. The number of esters is 2. The Balaban J connectivity index is 3.83. The predicted octanol–water partition coefficient (Wildman–Crippen LogP) is -0.552. The van der Waals surface area contributed by atoms with Gasteiger partial charge in [-0.15, -0.1) is 0 Å². The molecule has 14 heavy (non-hydrogen) atoms. The Hall–Kier alpha value is -1.14. The van der Waals surface area contributed by atoms with Crippen LogP contribution in [0.2, 0.25) is 0 Å². The van der Waals surface area contributed by atoms with Gasteiger partial charge in [0.2, 0.25) is 0 Å². The lowest BCUT2D eigenvalue weighted by atomic mass is 10.4. The highest BCUT2D eigenvalue weighted by atomic mass is 16.6. The zero-order valence-corrected chi connectivity index (χ0v) is 8.19. The minimum absolute atomic E-state index is 0.0106. The maximum Gasteiger partial charge on any atom is 0.303 e. The molecule has 1 atom stereocenters. The quantitative estimate of drug-likeness (QED) is 0.463. The first-order chi connectivity index (χ1) is 6.56. The minimum atomic E-state index is -0.677. The first-order valence-electron chi connectivity index (χ1n) is 4.05. The lowest BCUT2D eigenvalue weighted by Crippen LogP contribution is -2.28. The maximum atomic E-state index is 10.6. The third-order valence-electron chi connectivity index (χ3n) is 1.20. The van der Waals surface area contributed by atoms with Crippen LogP contribution in [0.4, 0.5) is 0 Å². The van der Waals surface area contributed by atoms with Crippen molar-refractivity contribution >= 4 is 11.9 Å². The summed E-state index contributed by atoms with van der Waals surface area (Å²) in [5, 5.41) is 8.36. The molecule has 6 heteroatoms. The van der Waals surface area contributed by atoms with Crippen LogP contribution in [0.1, 0.15) is 13.8 Å². The Kier molecular flexibility index (Phi) is 6.69. The van der Waals surface area contributed by atoms with Gasteiger partial charge in [0, 0.05) is 13.8 Å². The van der Waals surface area contributed by atoms with Crippen molar-refractivity contribution in [3.8, 4) is 0 Å². The summed E-state index contributed by atoms with van der Waals surface area (Å²) in [5.41, 5.74) is 0. The van der Waals surface area contributed by atoms with E-state index < -0.39 is 24.8 Å². The highest BCUT2D eigenvalue weighted by molar-refractivity contribution is 5.67. The van der Waals surface area contributed by atoms with Crippen molar-refractivity contribution in [3.63, 3.8) is 0 Å². The van der Waals surface area contributed by atoms with Gasteiger partial charge in [-0.05, 0) is 0 Å². The van der Waals surface area contributed by atoms with Crippen molar-refractivity contribution in [3.05, 3.63) is 0 Å². The highest BCUT2D eigenvalue weighted by Crippen LogP contribution is 1.96. The van der Waals surface area contributed by atoms with Crippen molar-refractivity contribution < 1.29 is 28.9 Å². The molecule has 0 aliphatic heterocycles.